The van der Waals surface area contributed by atoms with Gasteiger partial charge in [0.1, 0.15) is 5.58 Å². The molecule has 1 amide bonds. The molecule has 24 heavy (non-hydrogen) atoms. The molecule has 2 heterocycles. The molecule has 1 aliphatic rings. The lowest BCUT2D eigenvalue weighted by Crippen LogP contribution is -2.44. The molecule has 1 aromatic heterocycles. The van der Waals surface area contributed by atoms with Crippen LogP contribution >= 0.6 is 0 Å². The first kappa shape index (κ1) is 17.0. The van der Waals surface area contributed by atoms with Gasteiger partial charge in [0.15, 0.2) is 5.76 Å². The molecule has 4 heteroatoms. The van der Waals surface area contributed by atoms with Gasteiger partial charge >= 0.3 is 0 Å². The summed E-state index contributed by atoms with van der Waals surface area (Å²) >= 11 is 0. The van der Waals surface area contributed by atoms with Crippen molar-refractivity contribution in [3.63, 3.8) is 0 Å². The molecule has 3 rings (SSSR count). The zero-order valence-corrected chi connectivity index (χ0v) is 15.2. The lowest BCUT2D eigenvalue weighted by Gasteiger charge is -2.31. The van der Waals surface area contributed by atoms with Gasteiger partial charge in [0.25, 0.3) is 5.91 Å². The summed E-state index contributed by atoms with van der Waals surface area (Å²) in [6.07, 6.45) is 3.22. The van der Waals surface area contributed by atoms with Gasteiger partial charge in [-0.25, -0.2) is 0 Å². The van der Waals surface area contributed by atoms with Crippen molar-refractivity contribution < 1.29 is 9.21 Å². The number of rotatable bonds is 4. The highest BCUT2D eigenvalue weighted by Gasteiger charge is 2.24. The number of carbonyl (C=O) groups excluding carboxylic acids is 1. The molecule has 1 aromatic carbocycles. The lowest BCUT2D eigenvalue weighted by molar-refractivity contribution is 0.0884. The Morgan fingerprint density at radius 2 is 1.88 bits per heavy atom. The molecule has 130 valence electrons. The Bertz CT molecular complexity index is 740. The highest BCUT2D eigenvalue weighted by atomic mass is 16.3. The fourth-order valence-electron chi connectivity index (χ4n) is 3.76. The summed E-state index contributed by atoms with van der Waals surface area (Å²) in [5.41, 5.74) is 4.02. The van der Waals surface area contributed by atoms with E-state index in [2.05, 4.69) is 30.1 Å². The first-order valence-corrected chi connectivity index (χ1v) is 9.03. The molecule has 1 N–H and O–H groups in total. The Kier molecular flexibility index (Phi) is 4.95. The summed E-state index contributed by atoms with van der Waals surface area (Å²) in [5.74, 6) is 0.398. The topological polar surface area (TPSA) is 45.5 Å². The van der Waals surface area contributed by atoms with Crippen molar-refractivity contribution in [2.75, 3.05) is 19.6 Å². The minimum atomic E-state index is -0.0727. The quantitative estimate of drug-likeness (QED) is 0.924. The third kappa shape index (κ3) is 3.20. The molecule has 1 aliphatic heterocycles. The summed E-state index contributed by atoms with van der Waals surface area (Å²) in [7, 11) is 0. The smallest absolute Gasteiger partial charge is 0.287 e. The predicted molar refractivity (Wildman–Crippen MR) is 97.6 cm³/mol. The molecule has 1 fully saturated rings. The van der Waals surface area contributed by atoms with Gasteiger partial charge in [-0.15, -0.1) is 0 Å². The maximum atomic E-state index is 12.7. The zero-order chi connectivity index (χ0) is 17.3. The van der Waals surface area contributed by atoms with Gasteiger partial charge in [-0.1, -0.05) is 19.1 Å². The van der Waals surface area contributed by atoms with E-state index >= 15 is 0 Å². The molecule has 0 spiro atoms. The average molecular weight is 328 g/mol. The van der Waals surface area contributed by atoms with E-state index in [1.165, 1.54) is 6.42 Å². The molecule has 0 aliphatic carbocycles. The third-order valence-corrected chi connectivity index (χ3v) is 5.15. The average Bonchev–Trinajstić information content (AvgIpc) is 2.92. The van der Waals surface area contributed by atoms with Crippen molar-refractivity contribution in [2.24, 2.45) is 0 Å². The van der Waals surface area contributed by atoms with Crippen LogP contribution in [0.2, 0.25) is 0 Å². The number of aryl methyl sites for hydroxylation is 3. The molecule has 0 radical (unpaired) electrons. The maximum absolute atomic E-state index is 12.7. The van der Waals surface area contributed by atoms with E-state index in [0.717, 1.165) is 60.1 Å². The summed E-state index contributed by atoms with van der Waals surface area (Å²) in [5, 5.41) is 4.26. The Labute approximate surface area is 144 Å². The minimum absolute atomic E-state index is 0.0727. The van der Waals surface area contributed by atoms with Crippen LogP contribution in [0.5, 0.6) is 0 Å². The summed E-state index contributed by atoms with van der Waals surface area (Å²) in [6.45, 7) is 11.6. The number of hydrogen-bond donors (Lipinski definition) is 1. The Balaban J connectivity index is 1.74. The maximum Gasteiger partial charge on any atom is 0.287 e. The van der Waals surface area contributed by atoms with E-state index in [1.54, 1.807) is 0 Å². The van der Waals surface area contributed by atoms with E-state index in [0.29, 0.717) is 5.76 Å². The number of benzene rings is 1. The van der Waals surface area contributed by atoms with Crippen LogP contribution in [0.1, 0.15) is 53.4 Å². The van der Waals surface area contributed by atoms with Crippen LogP contribution in [0.25, 0.3) is 11.0 Å². The lowest BCUT2D eigenvalue weighted by atomic mass is 10.0. The van der Waals surface area contributed by atoms with Gasteiger partial charge in [0, 0.05) is 30.1 Å². The molecule has 2 aromatic rings. The summed E-state index contributed by atoms with van der Waals surface area (Å²) < 4.78 is 5.95. The number of amides is 1. The van der Waals surface area contributed by atoms with Gasteiger partial charge in [0.2, 0.25) is 0 Å². The molecular formula is C20H28N2O2. The predicted octanol–water partition coefficient (Wildman–Crippen LogP) is 3.96. The van der Waals surface area contributed by atoms with Crippen molar-refractivity contribution >= 4 is 16.9 Å². The third-order valence-electron chi connectivity index (χ3n) is 5.15. The number of likely N-dealkylation sites (tertiary alicyclic amines) is 1. The van der Waals surface area contributed by atoms with Crippen molar-refractivity contribution in [1.82, 2.24) is 10.2 Å². The summed E-state index contributed by atoms with van der Waals surface area (Å²) in [6, 6.07) is 4.39. The number of nitrogens with one attached hydrogen (secondary N) is 1. The Morgan fingerprint density at radius 1 is 1.21 bits per heavy atom. The second-order valence-corrected chi connectivity index (χ2v) is 7.05. The van der Waals surface area contributed by atoms with Crippen LogP contribution in [0, 0.1) is 20.8 Å². The largest absolute Gasteiger partial charge is 0.450 e. The standard InChI is InChI=1S/C20H28N2O2/c1-5-10-22-11-8-16(9-12-22)21-20(23)19-15(4)17-13(2)6-7-14(3)18(17)24-19/h6-7,16H,5,8-12H2,1-4H3,(H,21,23). The normalized spacial score (nSPS) is 16.7. The SMILES string of the molecule is CCCN1CCC(NC(=O)c2oc3c(C)ccc(C)c3c2C)CC1. The first-order valence-electron chi connectivity index (χ1n) is 9.03. The van der Waals surface area contributed by atoms with E-state index in [-0.39, 0.29) is 11.9 Å². The number of fused-ring (bicyclic) bond motifs is 1. The second kappa shape index (κ2) is 6.98. The number of carbonyl (C=O) groups is 1. The fourth-order valence-corrected chi connectivity index (χ4v) is 3.76. The minimum Gasteiger partial charge on any atom is -0.450 e. The summed E-state index contributed by atoms with van der Waals surface area (Å²) in [4.78, 5) is 15.2. The van der Waals surface area contributed by atoms with Crippen molar-refractivity contribution in [3.8, 4) is 0 Å². The van der Waals surface area contributed by atoms with Crippen molar-refractivity contribution in [2.45, 2.75) is 53.0 Å². The number of furan rings is 1. The van der Waals surface area contributed by atoms with Gasteiger partial charge in [-0.05, 0) is 57.7 Å². The molecule has 0 atom stereocenters. The second-order valence-electron chi connectivity index (χ2n) is 7.05. The molecule has 0 unspecified atom stereocenters. The zero-order valence-electron chi connectivity index (χ0n) is 15.2. The van der Waals surface area contributed by atoms with Crippen molar-refractivity contribution in [1.29, 1.82) is 0 Å². The number of piperidine rings is 1. The van der Waals surface area contributed by atoms with Crippen LogP contribution in [0.15, 0.2) is 16.5 Å². The van der Waals surface area contributed by atoms with Crippen LogP contribution in [-0.4, -0.2) is 36.5 Å². The van der Waals surface area contributed by atoms with Crippen LogP contribution in [0.4, 0.5) is 0 Å². The van der Waals surface area contributed by atoms with Crippen LogP contribution in [0.3, 0.4) is 0 Å². The van der Waals surface area contributed by atoms with E-state index in [9.17, 15) is 4.79 Å². The van der Waals surface area contributed by atoms with E-state index < -0.39 is 0 Å². The van der Waals surface area contributed by atoms with Crippen molar-refractivity contribution in [3.05, 3.63) is 34.6 Å². The number of nitrogens with zero attached hydrogens (tertiary/aromatic N) is 1. The van der Waals surface area contributed by atoms with Gasteiger partial charge in [-0.3, -0.25) is 4.79 Å². The Hall–Kier alpha value is -1.81. The molecule has 4 nitrogen and oxygen atoms in total. The van der Waals surface area contributed by atoms with Crippen LogP contribution < -0.4 is 5.32 Å². The van der Waals surface area contributed by atoms with E-state index in [1.807, 2.05) is 19.9 Å². The first-order chi connectivity index (χ1) is 11.5. The highest BCUT2D eigenvalue weighted by Crippen LogP contribution is 2.30. The highest BCUT2D eigenvalue weighted by molar-refractivity contribution is 6.00. The van der Waals surface area contributed by atoms with Gasteiger partial charge in [0.05, 0.1) is 0 Å². The number of hydrogen-bond acceptors (Lipinski definition) is 3. The molecular weight excluding hydrogens is 300 g/mol. The van der Waals surface area contributed by atoms with E-state index in [4.69, 9.17) is 4.42 Å². The molecule has 1 saturated heterocycles. The van der Waals surface area contributed by atoms with Gasteiger partial charge < -0.3 is 14.6 Å². The molecule has 0 saturated carbocycles. The Morgan fingerprint density at radius 3 is 2.50 bits per heavy atom. The molecule has 0 bridgehead atoms. The fraction of sp³-hybridized carbons (Fsp3) is 0.550. The van der Waals surface area contributed by atoms with Crippen LogP contribution in [-0.2, 0) is 0 Å². The van der Waals surface area contributed by atoms with Gasteiger partial charge in [-0.2, -0.15) is 0 Å². The monoisotopic (exact) mass is 328 g/mol.